The number of sulfone groups is 1. The Kier molecular flexibility index (Phi) is 2.88. The average molecular weight is 267 g/mol. The van der Waals surface area contributed by atoms with Crippen LogP contribution < -0.4 is 5.69 Å². The highest BCUT2D eigenvalue weighted by atomic mass is 32.2. The lowest BCUT2D eigenvalue weighted by atomic mass is 10.6. The normalized spacial score (nSPS) is 11.2. The summed E-state index contributed by atoms with van der Waals surface area (Å²) < 4.78 is 24.9. The summed E-state index contributed by atoms with van der Waals surface area (Å²) in [4.78, 5) is 15.6. The predicted molar refractivity (Wildman–Crippen MR) is 61.6 cm³/mol. The third-order valence-electron chi connectivity index (χ3n) is 2.14. The fourth-order valence-electron chi connectivity index (χ4n) is 1.33. The van der Waals surface area contributed by atoms with E-state index in [1.54, 1.807) is 6.92 Å². The molecule has 2 aromatic rings. The van der Waals surface area contributed by atoms with E-state index in [2.05, 4.69) is 27.1 Å². The number of fused-ring (bicyclic) bond motifs is 1. The average Bonchev–Trinajstić information content (AvgIpc) is 2.72. The van der Waals surface area contributed by atoms with Crippen LogP contribution in [-0.2, 0) is 16.4 Å². The molecular weight excluding hydrogens is 258 g/mol. The molecule has 0 bridgehead atoms. The molecule has 0 aliphatic heterocycles. The molecule has 18 heavy (non-hydrogen) atoms. The second-order valence-electron chi connectivity index (χ2n) is 3.47. The maximum Gasteiger partial charge on any atom is 0.353 e. The second-order valence-corrected chi connectivity index (χ2v) is 5.40. The molecule has 0 N–H and O–H groups in total. The molecular formula is C9H9N5O3S. The molecule has 2 rings (SSSR count). The van der Waals surface area contributed by atoms with Crippen molar-refractivity contribution in [2.45, 2.75) is 18.5 Å². The highest BCUT2D eigenvalue weighted by Crippen LogP contribution is 2.09. The lowest BCUT2D eigenvalue weighted by molar-refractivity contribution is 0.573. The van der Waals surface area contributed by atoms with Crippen LogP contribution >= 0.6 is 0 Å². The van der Waals surface area contributed by atoms with Crippen LogP contribution in [0.2, 0.25) is 0 Å². The van der Waals surface area contributed by atoms with E-state index in [0.29, 0.717) is 0 Å². The zero-order chi connectivity index (χ0) is 13.3. The Labute approximate surface area is 102 Å². The van der Waals surface area contributed by atoms with Crippen LogP contribution in [-0.4, -0.2) is 39.1 Å². The molecule has 2 aromatic heterocycles. The number of imidazole rings is 1. The Morgan fingerprint density at radius 3 is 2.78 bits per heavy atom. The predicted octanol–water partition coefficient (Wildman–Crippen LogP) is -1.29. The van der Waals surface area contributed by atoms with Crippen molar-refractivity contribution in [2.24, 2.45) is 0 Å². The SMILES string of the molecule is CC#CCn1nnc2c(S(C)(=O)=O)ncn2c1=O. The van der Waals surface area contributed by atoms with E-state index in [4.69, 9.17) is 0 Å². The van der Waals surface area contributed by atoms with Gasteiger partial charge in [0.25, 0.3) is 0 Å². The molecule has 94 valence electrons. The van der Waals surface area contributed by atoms with Crippen molar-refractivity contribution < 1.29 is 8.42 Å². The Hall–Kier alpha value is -2.21. The van der Waals surface area contributed by atoms with Crippen LogP contribution in [0.15, 0.2) is 16.1 Å². The summed E-state index contributed by atoms with van der Waals surface area (Å²) in [5, 5.41) is 7.04. The molecule has 0 aromatic carbocycles. The van der Waals surface area contributed by atoms with Gasteiger partial charge < -0.3 is 0 Å². The maximum atomic E-state index is 11.9. The van der Waals surface area contributed by atoms with Crippen LogP contribution in [0.1, 0.15) is 6.92 Å². The Morgan fingerprint density at radius 2 is 2.17 bits per heavy atom. The molecule has 0 spiro atoms. The third kappa shape index (κ3) is 1.98. The van der Waals surface area contributed by atoms with Gasteiger partial charge in [-0.15, -0.1) is 11.0 Å². The van der Waals surface area contributed by atoms with Gasteiger partial charge in [0.1, 0.15) is 12.9 Å². The fourth-order valence-corrected chi connectivity index (χ4v) is 2.04. The summed E-state index contributed by atoms with van der Waals surface area (Å²) >= 11 is 0. The van der Waals surface area contributed by atoms with E-state index in [1.165, 1.54) is 0 Å². The minimum Gasteiger partial charge on any atom is -0.245 e. The van der Waals surface area contributed by atoms with Crippen LogP contribution in [0.3, 0.4) is 0 Å². The first-order valence-corrected chi connectivity index (χ1v) is 6.75. The van der Waals surface area contributed by atoms with Gasteiger partial charge in [-0.3, -0.25) is 0 Å². The summed E-state index contributed by atoms with van der Waals surface area (Å²) in [5.41, 5.74) is -0.617. The highest BCUT2D eigenvalue weighted by molar-refractivity contribution is 7.90. The van der Waals surface area contributed by atoms with Crippen molar-refractivity contribution in [1.82, 2.24) is 24.4 Å². The van der Waals surface area contributed by atoms with Crippen molar-refractivity contribution in [2.75, 3.05) is 6.26 Å². The quantitative estimate of drug-likeness (QED) is 0.628. The molecule has 8 nitrogen and oxygen atoms in total. The highest BCUT2D eigenvalue weighted by Gasteiger charge is 2.18. The summed E-state index contributed by atoms with van der Waals surface area (Å²) in [5.74, 6) is 5.29. The van der Waals surface area contributed by atoms with Gasteiger partial charge in [-0.1, -0.05) is 11.1 Å². The van der Waals surface area contributed by atoms with Crippen LogP contribution in [0.5, 0.6) is 0 Å². The molecule has 0 saturated carbocycles. The molecule has 9 heteroatoms. The van der Waals surface area contributed by atoms with Gasteiger partial charge in [0, 0.05) is 6.26 Å². The molecule has 0 fully saturated rings. The number of nitrogens with zero attached hydrogens (tertiary/aromatic N) is 5. The smallest absolute Gasteiger partial charge is 0.245 e. The first-order valence-electron chi connectivity index (χ1n) is 4.85. The van der Waals surface area contributed by atoms with Crippen LogP contribution in [0.4, 0.5) is 0 Å². The van der Waals surface area contributed by atoms with Gasteiger partial charge in [0.05, 0.1) is 0 Å². The molecule has 0 saturated heterocycles. The van der Waals surface area contributed by atoms with Gasteiger partial charge in [-0.2, -0.15) is 4.68 Å². The fraction of sp³-hybridized carbons (Fsp3) is 0.333. The van der Waals surface area contributed by atoms with Crippen molar-refractivity contribution in [1.29, 1.82) is 0 Å². The van der Waals surface area contributed by atoms with Crippen LogP contribution in [0, 0.1) is 11.8 Å². The zero-order valence-corrected chi connectivity index (χ0v) is 10.5. The number of hydrogen-bond acceptors (Lipinski definition) is 6. The van der Waals surface area contributed by atoms with E-state index >= 15 is 0 Å². The number of aromatic nitrogens is 5. The second kappa shape index (κ2) is 4.23. The van der Waals surface area contributed by atoms with E-state index in [9.17, 15) is 13.2 Å². The largest absolute Gasteiger partial charge is 0.353 e. The number of rotatable bonds is 2. The lowest BCUT2D eigenvalue weighted by Gasteiger charge is -1.99. The lowest BCUT2D eigenvalue weighted by Crippen LogP contribution is -2.29. The molecule has 0 aliphatic carbocycles. The Morgan fingerprint density at radius 1 is 1.44 bits per heavy atom. The molecule has 0 amide bonds. The van der Waals surface area contributed by atoms with Gasteiger partial charge >= 0.3 is 5.69 Å². The van der Waals surface area contributed by atoms with E-state index in [1.807, 2.05) is 0 Å². The van der Waals surface area contributed by atoms with Crippen molar-refractivity contribution >= 4 is 15.5 Å². The minimum atomic E-state index is -3.54. The third-order valence-corrected chi connectivity index (χ3v) is 3.13. The Bertz CT molecular complexity index is 821. The topological polar surface area (TPSA) is 99.2 Å². The molecule has 0 radical (unpaired) electrons. The summed E-state index contributed by atoms with van der Waals surface area (Å²) in [6.45, 7) is 1.72. The zero-order valence-electron chi connectivity index (χ0n) is 9.65. The minimum absolute atomic E-state index is 0.0804. The summed E-state index contributed by atoms with van der Waals surface area (Å²) in [6, 6.07) is 0. The van der Waals surface area contributed by atoms with Gasteiger partial charge in [-0.25, -0.2) is 22.6 Å². The van der Waals surface area contributed by atoms with E-state index < -0.39 is 15.5 Å². The summed E-state index contributed by atoms with van der Waals surface area (Å²) in [7, 11) is -3.54. The van der Waals surface area contributed by atoms with Crippen molar-refractivity contribution in [3.63, 3.8) is 0 Å². The van der Waals surface area contributed by atoms with E-state index in [0.717, 1.165) is 21.7 Å². The van der Waals surface area contributed by atoms with E-state index in [-0.39, 0.29) is 17.2 Å². The number of hydrogen-bond donors (Lipinski definition) is 0. The van der Waals surface area contributed by atoms with Gasteiger partial charge in [0.15, 0.2) is 9.84 Å². The molecule has 0 unspecified atom stereocenters. The molecule has 0 aliphatic rings. The first kappa shape index (κ1) is 12.3. The van der Waals surface area contributed by atoms with Crippen molar-refractivity contribution in [3.8, 4) is 11.8 Å². The first-order chi connectivity index (χ1) is 8.45. The van der Waals surface area contributed by atoms with Gasteiger partial charge in [0.2, 0.25) is 10.7 Å². The molecule has 0 atom stereocenters. The molecule has 2 heterocycles. The van der Waals surface area contributed by atoms with Crippen LogP contribution in [0.25, 0.3) is 5.65 Å². The standard InChI is InChI=1S/C9H9N5O3S/c1-3-4-5-14-9(15)13-6-10-8(18(2,16)17)7(13)11-12-14/h6H,5H2,1-2H3. The van der Waals surface area contributed by atoms with Gasteiger partial charge in [-0.05, 0) is 6.92 Å². The maximum absolute atomic E-state index is 11.9. The summed E-state index contributed by atoms with van der Waals surface area (Å²) in [6.07, 6.45) is 2.10. The Balaban J connectivity index is 2.71. The monoisotopic (exact) mass is 267 g/mol. The van der Waals surface area contributed by atoms with Crippen molar-refractivity contribution in [3.05, 3.63) is 16.8 Å².